The molecule has 6 heteroatoms. The summed E-state index contributed by atoms with van der Waals surface area (Å²) in [5.41, 5.74) is 4.94. The van der Waals surface area contributed by atoms with Gasteiger partial charge in [0.25, 0.3) is 5.91 Å². The van der Waals surface area contributed by atoms with Crippen LogP contribution < -0.4 is 5.32 Å². The molecule has 0 fully saturated rings. The number of nitrogens with one attached hydrogen (secondary N) is 1. The number of aryl methyl sites for hydroxylation is 2. The second-order valence-corrected chi connectivity index (χ2v) is 8.54. The van der Waals surface area contributed by atoms with Gasteiger partial charge in [-0.2, -0.15) is 0 Å². The Kier molecular flexibility index (Phi) is 8.59. The molecule has 0 unspecified atom stereocenters. The van der Waals surface area contributed by atoms with E-state index in [9.17, 15) is 9.59 Å². The Balaban J connectivity index is 1.56. The van der Waals surface area contributed by atoms with Crippen LogP contribution in [0.4, 0.5) is 5.69 Å². The van der Waals surface area contributed by atoms with E-state index in [4.69, 9.17) is 4.74 Å². The fourth-order valence-corrected chi connectivity index (χ4v) is 3.67. The Morgan fingerprint density at radius 1 is 0.875 bits per heavy atom. The summed E-state index contributed by atoms with van der Waals surface area (Å²) in [6.07, 6.45) is 0. The van der Waals surface area contributed by atoms with Crippen LogP contribution in [0.25, 0.3) is 0 Å². The molecule has 0 aromatic heterocycles. The second-order valence-electron chi connectivity index (χ2n) is 7.75. The van der Waals surface area contributed by atoms with Gasteiger partial charge in [0.05, 0.1) is 6.54 Å². The molecule has 0 radical (unpaired) electrons. The highest BCUT2D eigenvalue weighted by atomic mass is 79.9. The molecule has 0 bridgehead atoms. The molecule has 5 nitrogen and oxygen atoms in total. The molecule has 0 aliphatic carbocycles. The average Bonchev–Trinajstić information content (AvgIpc) is 2.77. The van der Waals surface area contributed by atoms with E-state index in [0.29, 0.717) is 18.8 Å². The predicted molar refractivity (Wildman–Crippen MR) is 130 cm³/mol. The van der Waals surface area contributed by atoms with Crippen LogP contribution in [0.2, 0.25) is 0 Å². The van der Waals surface area contributed by atoms with E-state index in [-0.39, 0.29) is 19.1 Å². The van der Waals surface area contributed by atoms with Crippen LogP contribution in [0.1, 0.15) is 22.3 Å². The van der Waals surface area contributed by atoms with Crippen LogP contribution in [0.3, 0.4) is 0 Å². The molecule has 0 spiro atoms. The number of halogens is 1. The Hall–Kier alpha value is -2.96. The van der Waals surface area contributed by atoms with Crippen molar-refractivity contribution in [3.8, 4) is 0 Å². The molecule has 3 aromatic rings. The minimum atomic E-state index is -0.435. The molecule has 0 saturated carbocycles. The Labute approximate surface area is 197 Å². The standard InChI is InChI=1S/C26H27BrN2O3/c1-19-13-23(14-20(2)26(19)27)28-24(30)18-32-25(31)17-29(15-21-9-5-3-6-10-21)16-22-11-7-4-8-12-22/h3-14H,15-18H2,1-2H3,(H,28,30). The van der Waals surface area contributed by atoms with Crippen molar-refractivity contribution < 1.29 is 14.3 Å². The first-order valence-corrected chi connectivity index (χ1v) is 11.2. The number of hydrogen-bond acceptors (Lipinski definition) is 4. The molecule has 0 saturated heterocycles. The number of carbonyl (C=O) groups is 2. The van der Waals surface area contributed by atoms with Gasteiger partial charge in [0, 0.05) is 23.2 Å². The fourth-order valence-electron chi connectivity index (χ4n) is 3.44. The Morgan fingerprint density at radius 2 is 1.38 bits per heavy atom. The quantitative estimate of drug-likeness (QED) is 0.412. The lowest BCUT2D eigenvalue weighted by Crippen LogP contribution is -2.32. The maximum Gasteiger partial charge on any atom is 0.320 e. The highest BCUT2D eigenvalue weighted by Crippen LogP contribution is 2.24. The van der Waals surface area contributed by atoms with E-state index in [2.05, 4.69) is 21.2 Å². The van der Waals surface area contributed by atoms with Crippen molar-refractivity contribution in [2.45, 2.75) is 26.9 Å². The van der Waals surface area contributed by atoms with Gasteiger partial charge in [-0.15, -0.1) is 0 Å². The van der Waals surface area contributed by atoms with Gasteiger partial charge in [-0.1, -0.05) is 76.6 Å². The van der Waals surface area contributed by atoms with Crippen molar-refractivity contribution in [1.82, 2.24) is 4.90 Å². The minimum absolute atomic E-state index is 0.0908. The molecule has 32 heavy (non-hydrogen) atoms. The molecule has 166 valence electrons. The highest BCUT2D eigenvalue weighted by Gasteiger charge is 2.15. The predicted octanol–water partition coefficient (Wildman–Crippen LogP) is 5.25. The monoisotopic (exact) mass is 494 g/mol. The molecule has 1 N–H and O–H groups in total. The number of carbonyl (C=O) groups excluding carboxylic acids is 2. The number of ether oxygens (including phenoxy) is 1. The highest BCUT2D eigenvalue weighted by molar-refractivity contribution is 9.10. The maximum absolute atomic E-state index is 12.5. The summed E-state index contributed by atoms with van der Waals surface area (Å²) in [6, 6.07) is 23.7. The van der Waals surface area contributed by atoms with Crippen LogP contribution >= 0.6 is 15.9 Å². The van der Waals surface area contributed by atoms with Crippen molar-refractivity contribution in [2.24, 2.45) is 0 Å². The Bertz CT molecular complexity index is 991. The number of nitrogens with zero attached hydrogens (tertiary/aromatic N) is 1. The zero-order valence-corrected chi connectivity index (χ0v) is 19.9. The number of hydrogen-bond donors (Lipinski definition) is 1. The van der Waals surface area contributed by atoms with Gasteiger partial charge in [-0.25, -0.2) is 0 Å². The van der Waals surface area contributed by atoms with E-state index < -0.39 is 5.97 Å². The number of rotatable bonds is 9. The van der Waals surface area contributed by atoms with Crippen molar-refractivity contribution in [2.75, 3.05) is 18.5 Å². The van der Waals surface area contributed by atoms with Gasteiger partial charge in [0.1, 0.15) is 0 Å². The van der Waals surface area contributed by atoms with Crippen LogP contribution in [0.5, 0.6) is 0 Å². The van der Waals surface area contributed by atoms with E-state index >= 15 is 0 Å². The van der Waals surface area contributed by atoms with Crippen LogP contribution in [0, 0.1) is 13.8 Å². The van der Waals surface area contributed by atoms with E-state index in [1.165, 1.54) is 0 Å². The first-order chi connectivity index (χ1) is 15.4. The Morgan fingerprint density at radius 3 is 1.88 bits per heavy atom. The molecule has 0 aliphatic heterocycles. The summed E-state index contributed by atoms with van der Waals surface area (Å²) in [5, 5.41) is 2.79. The number of benzene rings is 3. The van der Waals surface area contributed by atoms with Crippen LogP contribution in [-0.4, -0.2) is 29.9 Å². The second kappa shape index (κ2) is 11.6. The molecular formula is C26H27BrN2O3. The molecular weight excluding hydrogens is 468 g/mol. The lowest BCUT2D eigenvalue weighted by atomic mass is 10.1. The van der Waals surface area contributed by atoms with Crippen molar-refractivity contribution in [3.63, 3.8) is 0 Å². The summed E-state index contributed by atoms with van der Waals surface area (Å²) < 4.78 is 6.28. The fraction of sp³-hybridized carbons (Fsp3) is 0.231. The van der Waals surface area contributed by atoms with Gasteiger partial charge >= 0.3 is 5.97 Å². The van der Waals surface area contributed by atoms with Gasteiger partial charge < -0.3 is 10.1 Å². The molecule has 3 aromatic carbocycles. The molecule has 0 atom stereocenters. The smallest absolute Gasteiger partial charge is 0.320 e. The third kappa shape index (κ3) is 7.32. The zero-order chi connectivity index (χ0) is 22.9. The van der Waals surface area contributed by atoms with Gasteiger partial charge in [-0.05, 0) is 48.2 Å². The summed E-state index contributed by atoms with van der Waals surface area (Å²) in [7, 11) is 0. The lowest BCUT2D eigenvalue weighted by Gasteiger charge is -2.21. The first-order valence-electron chi connectivity index (χ1n) is 10.4. The van der Waals surface area contributed by atoms with Crippen molar-refractivity contribution in [1.29, 1.82) is 0 Å². The number of esters is 1. The number of amides is 1. The normalized spacial score (nSPS) is 10.8. The third-order valence-corrected chi connectivity index (χ3v) is 6.19. The lowest BCUT2D eigenvalue weighted by molar-refractivity contribution is -0.148. The summed E-state index contributed by atoms with van der Waals surface area (Å²) in [4.78, 5) is 26.8. The van der Waals surface area contributed by atoms with E-state index in [0.717, 1.165) is 26.7 Å². The first kappa shape index (κ1) is 23.7. The van der Waals surface area contributed by atoms with Gasteiger partial charge in [-0.3, -0.25) is 14.5 Å². The van der Waals surface area contributed by atoms with Crippen molar-refractivity contribution in [3.05, 3.63) is 99.5 Å². The van der Waals surface area contributed by atoms with Crippen LogP contribution in [0.15, 0.2) is 77.3 Å². The van der Waals surface area contributed by atoms with E-state index in [1.54, 1.807) is 0 Å². The summed E-state index contributed by atoms with van der Waals surface area (Å²) in [5.74, 6) is -0.799. The van der Waals surface area contributed by atoms with Gasteiger partial charge in [0.15, 0.2) is 6.61 Å². The molecule has 0 heterocycles. The molecule has 1 amide bonds. The largest absolute Gasteiger partial charge is 0.455 e. The third-order valence-electron chi connectivity index (χ3n) is 4.94. The van der Waals surface area contributed by atoms with Crippen LogP contribution in [-0.2, 0) is 27.4 Å². The summed E-state index contributed by atoms with van der Waals surface area (Å²) in [6.45, 7) is 4.90. The zero-order valence-electron chi connectivity index (χ0n) is 18.3. The SMILES string of the molecule is Cc1cc(NC(=O)COC(=O)CN(Cc2ccccc2)Cc2ccccc2)cc(C)c1Br. The number of anilines is 1. The topological polar surface area (TPSA) is 58.6 Å². The summed E-state index contributed by atoms with van der Waals surface area (Å²) >= 11 is 3.51. The van der Waals surface area contributed by atoms with Crippen molar-refractivity contribution >= 4 is 33.5 Å². The maximum atomic E-state index is 12.5. The van der Waals surface area contributed by atoms with Gasteiger partial charge in [0.2, 0.25) is 0 Å². The minimum Gasteiger partial charge on any atom is -0.455 e. The average molecular weight is 495 g/mol. The van der Waals surface area contributed by atoms with E-state index in [1.807, 2.05) is 91.5 Å². The molecule has 0 aliphatic rings. The molecule has 3 rings (SSSR count).